The van der Waals surface area contributed by atoms with Crippen molar-refractivity contribution < 1.29 is 23.7 Å². The average molecular weight is 441 g/mol. The zero-order valence-electron chi connectivity index (χ0n) is 15.9. The number of nitrogens with one attached hydrogen (secondary N) is 2. The molecule has 9 heteroatoms. The third-order valence-electron chi connectivity index (χ3n) is 3.99. The summed E-state index contributed by atoms with van der Waals surface area (Å²) in [4.78, 5) is 12.4. The number of benzene rings is 2. The fourth-order valence-electron chi connectivity index (χ4n) is 2.67. The Morgan fingerprint density at radius 2 is 1.83 bits per heavy atom. The molecule has 0 saturated carbocycles. The number of carbonyl (C=O) groups excluding carboxylic acids is 1. The maximum absolute atomic E-state index is 12.4. The first-order chi connectivity index (χ1) is 14.1. The smallest absolute Gasteiger partial charge is 0.243 e. The predicted molar refractivity (Wildman–Crippen MR) is 113 cm³/mol. The molecule has 0 radical (unpaired) electrons. The number of fused-ring (bicyclic) bond motifs is 1. The highest BCUT2D eigenvalue weighted by atomic mass is 35.5. The lowest BCUT2D eigenvalue weighted by molar-refractivity contribution is -0.114. The van der Waals surface area contributed by atoms with Gasteiger partial charge in [0, 0.05) is 18.7 Å². The van der Waals surface area contributed by atoms with Crippen LogP contribution in [-0.2, 0) is 9.53 Å². The summed E-state index contributed by atoms with van der Waals surface area (Å²) in [5.74, 6) is 1.29. The van der Waals surface area contributed by atoms with E-state index in [2.05, 4.69) is 10.6 Å². The summed E-state index contributed by atoms with van der Waals surface area (Å²) >= 11 is 12.5. The topological polar surface area (TPSA) is 78.1 Å². The summed E-state index contributed by atoms with van der Waals surface area (Å²) in [7, 11) is 0. The van der Waals surface area contributed by atoms with Gasteiger partial charge in [-0.2, -0.15) is 0 Å². The minimum absolute atomic E-state index is 0.00701. The molecule has 0 aliphatic carbocycles. The van der Waals surface area contributed by atoms with Gasteiger partial charge in [0.05, 0.1) is 34.6 Å². The van der Waals surface area contributed by atoms with Crippen LogP contribution >= 0.6 is 23.2 Å². The Labute approximate surface area is 179 Å². The SMILES string of the molecule is CCOCCOc1c(Cl)cccc1NCC(=O)Nc1cc2c(cc1Cl)OCCO2. The lowest BCUT2D eigenvalue weighted by atomic mass is 10.2. The number of halogens is 2. The molecule has 0 unspecified atom stereocenters. The largest absolute Gasteiger partial charge is 0.487 e. The Morgan fingerprint density at radius 3 is 2.59 bits per heavy atom. The number of anilines is 2. The summed E-state index contributed by atoms with van der Waals surface area (Å²) in [6, 6.07) is 8.55. The van der Waals surface area contributed by atoms with Gasteiger partial charge in [-0.25, -0.2) is 0 Å². The number of hydrogen-bond donors (Lipinski definition) is 2. The van der Waals surface area contributed by atoms with Gasteiger partial charge in [-0.3, -0.25) is 4.79 Å². The summed E-state index contributed by atoms with van der Waals surface area (Å²) < 4.78 is 22.0. The second-order valence-electron chi connectivity index (χ2n) is 6.04. The molecule has 2 aromatic carbocycles. The molecule has 0 fully saturated rings. The van der Waals surface area contributed by atoms with Crippen LogP contribution in [0.25, 0.3) is 0 Å². The van der Waals surface area contributed by atoms with E-state index in [4.69, 9.17) is 42.1 Å². The van der Waals surface area contributed by atoms with Crippen LogP contribution in [-0.4, -0.2) is 45.5 Å². The molecule has 3 rings (SSSR count). The van der Waals surface area contributed by atoms with E-state index in [0.29, 0.717) is 71.7 Å². The molecule has 156 valence electrons. The van der Waals surface area contributed by atoms with Crippen molar-refractivity contribution in [1.82, 2.24) is 0 Å². The molecule has 2 aromatic rings. The van der Waals surface area contributed by atoms with Crippen molar-refractivity contribution in [2.75, 3.05) is 50.2 Å². The zero-order chi connectivity index (χ0) is 20.6. The summed E-state index contributed by atoms with van der Waals surface area (Å²) in [5, 5.41) is 6.61. The van der Waals surface area contributed by atoms with Crippen LogP contribution in [0.5, 0.6) is 17.2 Å². The minimum atomic E-state index is -0.288. The van der Waals surface area contributed by atoms with E-state index in [0.717, 1.165) is 0 Å². The van der Waals surface area contributed by atoms with Crippen molar-refractivity contribution in [2.45, 2.75) is 6.92 Å². The number of ether oxygens (including phenoxy) is 4. The predicted octanol–water partition coefficient (Wildman–Crippen LogP) is 4.23. The molecule has 2 N–H and O–H groups in total. The highest BCUT2D eigenvalue weighted by Gasteiger charge is 2.17. The van der Waals surface area contributed by atoms with Gasteiger partial charge < -0.3 is 29.6 Å². The normalized spacial score (nSPS) is 12.4. The highest BCUT2D eigenvalue weighted by Crippen LogP contribution is 2.38. The van der Waals surface area contributed by atoms with Crippen molar-refractivity contribution in [2.24, 2.45) is 0 Å². The van der Waals surface area contributed by atoms with Crippen LogP contribution < -0.4 is 24.8 Å². The Kier molecular flexibility index (Phi) is 7.69. The van der Waals surface area contributed by atoms with Crippen molar-refractivity contribution in [3.05, 3.63) is 40.4 Å². The zero-order valence-corrected chi connectivity index (χ0v) is 17.4. The number of hydrogen-bond acceptors (Lipinski definition) is 6. The van der Waals surface area contributed by atoms with Crippen LogP contribution in [0.1, 0.15) is 6.92 Å². The van der Waals surface area contributed by atoms with E-state index in [1.54, 1.807) is 30.3 Å². The Bertz CT molecular complexity index is 863. The van der Waals surface area contributed by atoms with E-state index < -0.39 is 0 Å². The lowest BCUT2D eigenvalue weighted by Crippen LogP contribution is -2.23. The monoisotopic (exact) mass is 440 g/mol. The van der Waals surface area contributed by atoms with Gasteiger partial charge in [0.2, 0.25) is 5.91 Å². The van der Waals surface area contributed by atoms with Gasteiger partial charge in [-0.15, -0.1) is 0 Å². The van der Waals surface area contributed by atoms with Crippen molar-refractivity contribution >= 4 is 40.5 Å². The quantitative estimate of drug-likeness (QED) is 0.568. The summed E-state index contributed by atoms with van der Waals surface area (Å²) in [6.07, 6.45) is 0. The molecule has 0 saturated heterocycles. The standard InChI is InChI=1S/C20H22Cl2N2O5/c1-2-26-6-7-29-20-13(21)4-3-5-15(20)23-12-19(25)24-16-11-18-17(10-14(16)22)27-8-9-28-18/h3-5,10-11,23H,2,6-9,12H2,1H3,(H,24,25). The minimum Gasteiger partial charge on any atom is -0.487 e. The second-order valence-corrected chi connectivity index (χ2v) is 6.85. The fourth-order valence-corrected chi connectivity index (χ4v) is 3.10. The van der Waals surface area contributed by atoms with Gasteiger partial charge in [0.1, 0.15) is 19.8 Å². The van der Waals surface area contributed by atoms with Gasteiger partial charge in [-0.05, 0) is 19.1 Å². The van der Waals surface area contributed by atoms with Crippen molar-refractivity contribution in [3.8, 4) is 17.2 Å². The maximum Gasteiger partial charge on any atom is 0.243 e. The van der Waals surface area contributed by atoms with Gasteiger partial charge in [0.15, 0.2) is 17.2 Å². The Balaban J connectivity index is 1.60. The molecule has 0 bridgehead atoms. The Hall–Kier alpha value is -2.35. The van der Waals surface area contributed by atoms with Gasteiger partial charge in [0.25, 0.3) is 0 Å². The van der Waals surface area contributed by atoms with Gasteiger partial charge in [-0.1, -0.05) is 29.3 Å². The molecule has 1 amide bonds. The molecule has 1 aliphatic rings. The number of carbonyl (C=O) groups is 1. The fraction of sp³-hybridized carbons (Fsp3) is 0.350. The number of para-hydroxylation sites is 1. The third kappa shape index (κ3) is 5.82. The molecule has 0 spiro atoms. The molecule has 0 atom stereocenters. The Morgan fingerprint density at radius 1 is 1.07 bits per heavy atom. The first kappa shape index (κ1) is 21.4. The first-order valence-electron chi connectivity index (χ1n) is 9.20. The maximum atomic E-state index is 12.4. The van der Waals surface area contributed by atoms with Crippen molar-refractivity contribution in [3.63, 3.8) is 0 Å². The van der Waals surface area contributed by atoms with Crippen LogP contribution in [0, 0.1) is 0 Å². The number of amides is 1. The second kappa shape index (κ2) is 10.4. The van der Waals surface area contributed by atoms with Crippen LogP contribution in [0.2, 0.25) is 10.0 Å². The van der Waals surface area contributed by atoms with E-state index in [-0.39, 0.29) is 12.5 Å². The molecular formula is C20H22Cl2N2O5. The van der Waals surface area contributed by atoms with E-state index in [9.17, 15) is 4.79 Å². The number of rotatable bonds is 9. The van der Waals surface area contributed by atoms with E-state index >= 15 is 0 Å². The summed E-state index contributed by atoms with van der Waals surface area (Å²) in [6.45, 7) is 4.23. The summed E-state index contributed by atoms with van der Waals surface area (Å²) in [5.41, 5.74) is 1.06. The van der Waals surface area contributed by atoms with Gasteiger partial charge >= 0.3 is 0 Å². The van der Waals surface area contributed by atoms with Crippen LogP contribution in [0.4, 0.5) is 11.4 Å². The molecule has 7 nitrogen and oxygen atoms in total. The lowest BCUT2D eigenvalue weighted by Gasteiger charge is -2.20. The van der Waals surface area contributed by atoms with Crippen LogP contribution in [0.3, 0.4) is 0 Å². The first-order valence-corrected chi connectivity index (χ1v) is 9.96. The van der Waals surface area contributed by atoms with E-state index in [1.807, 2.05) is 6.92 Å². The molecule has 1 heterocycles. The third-order valence-corrected chi connectivity index (χ3v) is 4.60. The molecule has 0 aromatic heterocycles. The average Bonchev–Trinajstić information content (AvgIpc) is 2.71. The van der Waals surface area contributed by atoms with Crippen molar-refractivity contribution in [1.29, 1.82) is 0 Å². The molecule has 29 heavy (non-hydrogen) atoms. The van der Waals surface area contributed by atoms with Crippen LogP contribution in [0.15, 0.2) is 30.3 Å². The molecule has 1 aliphatic heterocycles. The van der Waals surface area contributed by atoms with E-state index in [1.165, 1.54) is 0 Å². The highest BCUT2D eigenvalue weighted by molar-refractivity contribution is 6.34. The molecular weight excluding hydrogens is 419 g/mol.